The van der Waals surface area contributed by atoms with E-state index in [1.165, 1.54) is 0 Å². The van der Waals surface area contributed by atoms with Crippen molar-refractivity contribution >= 4 is 23.2 Å². The molecule has 100 valence electrons. The number of aliphatic hydroxyl groups is 1. The molecule has 2 unspecified atom stereocenters. The molecule has 1 aliphatic heterocycles. The molecular formula is C14H15ClN2O2. The second-order valence-electron chi connectivity index (χ2n) is 4.74. The number of nitriles is 1. The van der Waals surface area contributed by atoms with E-state index in [-0.39, 0.29) is 11.9 Å². The fourth-order valence-corrected chi connectivity index (χ4v) is 2.72. The Balaban J connectivity index is 2.43. The quantitative estimate of drug-likeness (QED) is 0.903. The second-order valence-corrected chi connectivity index (χ2v) is 5.15. The van der Waals surface area contributed by atoms with Crippen molar-refractivity contribution in [2.45, 2.75) is 32.4 Å². The van der Waals surface area contributed by atoms with Crippen LogP contribution in [0.3, 0.4) is 0 Å². The van der Waals surface area contributed by atoms with Gasteiger partial charge in [-0.25, -0.2) is 0 Å². The molecule has 1 aliphatic rings. The Morgan fingerprint density at radius 3 is 2.74 bits per heavy atom. The predicted octanol–water partition coefficient (Wildman–Crippen LogP) is 2.33. The fraction of sp³-hybridized carbons (Fsp3) is 0.429. The first kappa shape index (κ1) is 13.9. The zero-order chi connectivity index (χ0) is 14.2. The van der Waals surface area contributed by atoms with E-state index in [9.17, 15) is 9.90 Å². The van der Waals surface area contributed by atoms with Crippen molar-refractivity contribution in [3.63, 3.8) is 0 Å². The van der Waals surface area contributed by atoms with Gasteiger partial charge < -0.3 is 10.0 Å². The number of carbonyl (C=O) groups excluding carboxylic acids is 1. The number of benzene rings is 1. The lowest BCUT2D eigenvalue weighted by molar-refractivity contribution is -0.121. The largest absolute Gasteiger partial charge is 0.390 e. The summed E-state index contributed by atoms with van der Waals surface area (Å²) < 4.78 is 0. The van der Waals surface area contributed by atoms with Crippen LogP contribution in [-0.4, -0.2) is 23.2 Å². The molecule has 0 radical (unpaired) electrons. The number of hydrogen-bond acceptors (Lipinski definition) is 3. The highest BCUT2D eigenvalue weighted by atomic mass is 35.5. The topological polar surface area (TPSA) is 64.3 Å². The first-order valence-electron chi connectivity index (χ1n) is 6.22. The summed E-state index contributed by atoms with van der Waals surface area (Å²) in [6.45, 7) is 3.65. The summed E-state index contributed by atoms with van der Waals surface area (Å²) >= 11 is 6.00. The maximum Gasteiger partial charge on any atom is 0.232 e. The molecule has 3 atom stereocenters. The first-order valence-corrected chi connectivity index (χ1v) is 6.59. The van der Waals surface area contributed by atoms with Gasteiger partial charge in [0.15, 0.2) is 0 Å². The Morgan fingerprint density at radius 2 is 2.21 bits per heavy atom. The van der Waals surface area contributed by atoms with Crippen LogP contribution in [0.4, 0.5) is 5.69 Å². The van der Waals surface area contributed by atoms with Gasteiger partial charge in [-0.05, 0) is 24.6 Å². The monoisotopic (exact) mass is 278 g/mol. The number of nitrogens with zero attached hydrogens (tertiary/aromatic N) is 2. The van der Waals surface area contributed by atoms with E-state index in [0.717, 1.165) is 0 Å². The number of aliphatic hydroxyl groups excluding tert-OH is 1. The minimum absolute atomic E-state index is 0.111. The number of anilines is 1. The molecule has 1 saturated heterocycles. The smallest absolute Gasteiger partial charge is 0.232 e. The van der Waals surface area contributed by atoms with Crippen LogP contribution < -0.4 is 4.90 Å². The van der Waals surface area contributed by atoms with Crippen molar-refractivity contribution < 1.29 is 9.90 Å². The van der Waals surface area contributed by atoms with Crippen molar-refractivity contribution in [1.29, 1.82) is 5.26 Å². The Hall–Kier alpha value is -1.57. The number of halogens is 1. The van der Waals surface area contributed by atoms with Crippen molar-refractivity contribution in [3.8, 4) is 6.07 Å². The number of hydrogen-bond donors (Lipinski definition) is 1. The normalized spacial score (nSPS) is 26.6. The molecule has 0 aliphatic carbocycles. The third kappa shape index (κ3) is 2.20. The van der Waals surface area contributed by atoms with E-state index in [4.69, 9.17) is 16.9 Å². The maximum absolute atomic E-state index is 12.2. The van der Waals surface area contributed by atoms with Gasteiger partial charge in [-0.15, -0.1) is 0 Å². The zero-order valence-corrected chi connectivity index (χ0v) is 11.6. The van der Waals surface area contributed by atoms with E-state index in [2.05, 4.69) is 0 Å². The van der Waals surface area contributed by atoms with E-state index >= 15 is 0 Å². The molecule has 1 heterocycles. The Labute approximate surface area is 117 Å². The van der Waals surface area contributed by atoms with Gasteiger partial charge in [0.25, 0.3) is 0 Å². The van der Waals surface area contributed by atoms with Crippen molar-refractivity contribution in [2.75, 3.05) is 4.90 Å². The van der Waals surface area contributed by atoms with E-state index in [1.807, 2.05) is 13.0 Å². The summed E-state index contributed by atoms with van der Waals surface area (Å²) in [5.74, 6) is -0.528. The van der Waals surface area contributed by atoms with E-state index in [1.54, 1.807) is 30.0 Å². The molecule has 0 aromatic heterocycles. The third-order valence-electron chi connectivity index (χ3n) is 3.63. The SMILES string of the molecule is CCC1C(O)[C@H](C)C(=O)N1c1ccc(C#N)c(Cl)c1. The molecule has 1 aromatic rings. The van der Waals surface area contributed by atoms with Crippen LogP contribution in [0.25, 0.3) is 0 Å². The van der Waals surface area contributed by atoms with Crippen molar-refractivity contribution in [2.24, 2.45) is 5.92 Å². The molecule has 0 saturated carbocycles. The molecule has 1 fully saturated rings. The minimum atomic E-state index is -0.674. The van der Waals surface area contributed by atoms with Gasteiger partial charge >= 0.3 is 0 Å². The molecule has 1 aromatic carbocycles. The third-order valence-corrected chi connectivity index (χ3v) is 3.95. The average Bonchev–Trinajstić information content (AvgIpc) is 2.62. The number of rotatable bonds is 2. The minimum Gasteiger partial charge on any atom is -0.390 e. The Bertz CT molecular complexity index is 553. The molecule has 0 bridgehead atoms. The van der Waals surface area contributed by atoms with E-state index < -0.39 is 12.0 Å². The van der Waals surface area contributed by atoms with Crippen LogP contribution >= 0.6 is 11.6 Å². The van der Waals surface area contributed by atoms with Crippen LogP contribution in [0.2, 0.25) is 5.02 Å². The molecule has 0 spiro atoms. The van der Waals surface area contributed by atoms with Crippen LogP contribution in [-0.2, 0) is 4.79 Å². The van der Waals surface area contributed by atoms with Crippen molar-refractivity contribution in [3.05, 3.63) is 28.8 Å². The fourth-order valence-electron chi connectivity index (χ4n) is 2.50. The summed E-state index contributed by atoms with van der Waals surface area (Å²) in [5, 5.41) is 19.3. The lowest BCUT2D eigenvalue weighted by Gasteiger charge is -2.25. The average molecular weight is 279 g/mol. The first-order chi connectivity index (χ1) is 9.01. The lowest BCUT2D eigenvalue weighted by atomic mass is 10.0. The molecular weight excluding hydrogens is 264 g/mol. The zero-order valence-electron chi connectivity index (χ0n) is 10.8. The van der Waals surface area contributed by atoms with Gasteiger partial charge in [0, 0.05) is 5.69 Å². The van der Waals surface area contributed by atoms with Crippen LogP contribution in [0.5, 0.6) is 0 Å². The lowest BCUT2D eigenvalue weighted by Crippen LogP contribution is -2.36. The maximum atomic E-state index is 12.2. The predicted molar refractivity (Wildman–Crippen MR) is 72.9 cm³/mol. The highest BCUT2D eigenvalue weighted by molar-refractivity contribution is 6.32. The number of amides is 1. The van der Waals surface area contributed by atoms with Crippen molar-refractivity contribution in [1.82, 2.24) is 0 Å². The summed E-state index contributed by atoms with van der Waals surface area (Å²) in [4.78, 5) is 13.8. The molecule has 1 amide bonds. The van der Waals surface area contributed by atoms with Gasteiger partial charge in [0.05, 0.1) is 28.6 Å². The van der Waals surface area contributed by atoms with Crippen LogP contribution in [0, 0.1) is 17.2 Å². The van der Waals surface area contributed by atoms with Gasteiger partial charge in [0.1, 0.15) is 6.07 Å². The summed E-state index contributed by atoms with van der Waals surface area (Å²) in [6.07, 6.45) is -0.0126. The van der Waals surface area contributed by atoms with Crippen LogP contribution in [0.15, 0.2) is 18.2 Å². The molecule has 2 rings (SSSR count). The van der Waals surface area contributed by atoms with Gasteiger partial charge in [0.2, 0.25) is 5.91 Å². The summed E-state index contributed by atoms with van der Waals surface area (Å²) in [6, 6.07) is 6.62. The molecule has 1 N–H and O–H groups in total. The molecule has 5 heteroatoms. The highest BCUT2D eigenvalue weighted by Gasteiger charge is 2.44. The summed E-state index contributed by atoms with van der Waals surface area (Å²) in [7, 11) is 0. The van der Waals surface area contributed by atoms with Gasteiger partial charge in [-0.3, -0.25) is 4.79 Å². The highest BCUT2D eigenvalue weighted by Crippen LogP contribution is 2.34. The Kier molecular flexibility index (Phi) is 3.79. The van der Waals surface area contributed by atoms with Crippen LogP contribution in [0.1, 0.15) is 25.8 Å². The van der Waals surface area contributed by atoms with Gasteiger partial charge in [-0.2, -0.15) is 5.26 Å². The Morgan fingerprint density at radius 1 is 1.53 bits per heavy atom. The molecule has 19 heavy (non-hydrogen) atoms. The summed E-state index contributed by atoms with van der Waals surface area (Å²) in [5.41, 5.74) is 1.00. The van der Waals surface area contributed by atoms with Gasteiger partial charge in [-0.1, -0.05) is 25.4 Å². The molecule has 4 nitrogen and oxygen atoms in total. The van der Waals surface area contributed by atoms with E-state index in [0.29, 0.717) is 22.7 Å². The standard InChI is InChI=1S/C14H15ClN2O2/c1-3-12-13(18)8(2)14(19)17(12)10-5-4-9(7-16)11(15)6-10/h4-6,8,12-13,18H,3H2,1-2H3/t8-,12?,13?/m0/s1. The second kappa shape index (κ2) is 5.20. The number of carbonyl (C=O) groups is 1.